The van der Waals surface area contributed by atoms with Crippen molar-refractivity contribution >= 4 is 23.2 Å². The molecular weight excluding hydrogens is 255 g/mol. The molecule has 1 aromatic heterocycles. The van der Waals surface area contributed by atoms with Gasteiger partial charge in [-0.05, 0) is 31.4 Å². The van der Waals surface area contributed by atoms with Crippen molar-refractivity contribution in [1.82, 2.24) is 9.88 Å². The summed E-state index contributed by atoms with van der Waals surface area (Å²) in [6.07, 6.45) is 5.72. The zero-order valence-electron chi connectivity index (χ0n) is 10.1. The first-order chi connectivity index (χ1) is 8.19. The maximum Gasteiger partial charge on any atom is 0.130 e. The Balaban J connectivity index is 1.93. The fraction of sp³-hybridized carbons (Fsp3) is 0.615. The Morgan fingerprint density at radius 3 is 3.00 bits per heavy atom. The average molecular weight is 273 g/mol. The van der Waals surface area contributed by atoms with Gasteiger partial charge in [-0.15, -0.1) is 0 Å². The van der Waals surface area contributed by atoms with E-state index in [1.807, 2.05) is 0 Å². The third-order valence-electron chi connectivity index (χ3n) is 3.36. The molecule has 1 aliphatic rings. The summed E-state index contributed by atoms with van der Waals surface area (Å²) in [5, 5.41) is 1.19. The van der Waals surface area contributed by atoms with Gasteiger partial charge in [0.15, 0.2) is 0 Å². The number of aromatic nitrogens is 1. The van der Waals surface area contributed by atoms with Gasteiger partial charge in [0.05, 0.1) is 0 Å². The summed E-state index contributed by atoms with van der Waals surface area (Å²) in [7, 11) is 0. The fourth-order valence-electron chi connectivity index (χ4n) is 2.49. The summed E-state index contributed by atoms with van der Waals surface area (Å²) in [5.41, 5.74) is 1.08. The van der Waals surface area contributed by atoms with Crippen molar-refractivity contribution in [3.05, 3.63) is 28.0 Å². The number of hydrogen-bond donors (Lipinski definition) is 0. The lowest BCUT2D eigenvalue weighted by Gasteiger charge is -2.16. The van der Waals surface area contributed by atoms with Crippen LogP contribution in [0.3, 0.4) is 0 Å². The van der Waals surface area contributed by atoms with Crippen LogP contribution in [0.2, 0.25) is 10.2 Å². The van der Waals surface area contributed by atoms with Gasteiger partial charge in [0.1, 0.15) is 5.15 Å². The minimum Gasteiger partial charge on any atom is -0.299 e. The Bertz CT molecular complexity index is 382. The first kappa shape index (κ1) is 13.1. The number of likely N-dealkylation sites (tertiary alicyclic amines) is 1. The Labute approximate surface area is 113 Å². The molecule has 2 rings (SSSR count). The van der Waals surface area contributed by atoms with Crippen LogP contribution >= 0.6 is 23.2 Å². The van der Waals surface area contributed by atoms with E-state index in [0.717, 1.165) is 23.0 Å². The molecule has 1 aromatic rings. The monoisotopic (exact) mass is 272 g/mol. The van der Waals surface area contributed by atoms with E-state index in [-0.39, 0.29) is 0 Å². The van der Waals surface area contributed by atoms with Crippen molar-refractivity contribution in [3.8, 4) is 0 Å². The van der Waals surface area contributed by atoms with E-state index in [9.17, 15) is 0 Å². The largest absolute Gasteiger partial charge is 0.299 e. The van der Waals surface area contributed by atoms with Gasteiger partial charge in [-0.2, -0.15) is 0 Å². The second kappa shape index (κ2) is 6.03. The summed E-state index contributed by atoms with van der Waals surface area (Å²) in [5.74, 6) is 0.860. The summed E-state index contributed by atoms with van der Waals surface area (Å²) in [4.78, 5) is 6.55. The fourth-order valence-corrected chi connectivity index (χ4v) is 2.92. The Kier molecular flexibility index (Phi) is 4.66. The van der Waals surface area contributed by atoms with E-state index in [2.05, 4.69) is 16.8 Å². The van der Waals surface area contributed by atoms with Crippen LogP contribution in [0.15, 0.2) is 12.3 Å². The second-order valence-corrected chi connectivity index (χ2v) is 5.57. The molecule has 0 aromatic carbocycles. The van der Waals surface area contributed by atoms with Gasteiger partial charge in [0.2, 0.25) is 0 Å². The molecule has 0 saturated carbocycles. The third-order valence-corrected chi connectivity index (χ3v) is 3.92. The molecule has 17 heavy (non-hydrogen) atoms. The number of pyridine rings is 1. The normalized spacial score (nSPS) is 21.0. The van der Waals surface area contributed by atoms with Gasteiger partial charge >= 0.3 is 0 Å². The molecule has 1 fully saturated rings. The highest BCUT2D eigenvalue weighted by Gasteiger charge is 2.22. The maximum absolute atomic E-state index is 6.15. The second-order valence-electron chi connectivity index (χ2n) is 4.78. The van der Waals surface area contributed by atoms with Gasteiger partial charge in [-0.3, -0.25) is 4.90 Å². The molecule has 0 N–H and O–H groups in total. The molecule has 1 atom stereocenters. The Morgan fingerprint density at radius 1 is 1.47 bits per heavy atom. The number of rotatable bonds is 4. The summed E-state index contributed by atoms with van der Waals surface area (Å²) in [6.45, 7) is 5.50. The summed E-state index contributed by atoms with van der Waals surface area (Å²) >= 11 is 11.9. The van der Waals surface area contributed by atoms with E-state index in [4.69, 9.17) is 23.2 Å². The molecule has 0 bridgehead atoms. The van der Waals surface area contributed by atoms with Crippen LogP contribution in [-0.4, -0.2) is 23.0 Å². The molecule has 2 nitrogen and oxygen atoms in total. The van der Waals surface area contributed by atoms with Gasteiger partial charge in [-0.1, -0.05) is 36.5 Å². The smallest absolute Gasteiger partial charge is 0.130 e. The first-order valence-corrected chi connectivity index (χ1v) is 6.97. The van der Waals surface area contributed by atoms with Crippen molar-refractivity contribution < 1.29 is 0 Å². The predicted molar refractivity (Wildman–Crippen MR) is 72.5 cm³/mol. The number of halogens is 2. The van der Waals surface area contributed by atoms with Crippen LogP contribution in [0, 0.1) is 5.92 Å². The molecule has 0 radical (unpaired) electrons. The van der Waals surface area contributed by atoms with Crippen molar-refractivity contribution in [3.63, 3.8) is 0 Å². The highest BCUT2D eigenvalue weighted by molar-refractivity contribution is 6.34. The van der Waals surface area contributed by atoms with E-state index in [0.29, 0.717) is 5.15 Å². The number of hydrogen-bond acceptors (Lipinski definition) is 2. The quantitative estimate of drug-likeness (QED) is 0.770. The van der Waals surface area contributed by atoms with Gasteiger partial charge in [-0.25, -0.2) is 4.98 Å². The van der Waals surface area contributed by atoms with E-state index >= 15 is 0 Å². The SMILES string of the molecule is CCCC1CCN(Cc2cnc(Cl)cc2Cl)C1. The molecule has 1 saturated heterocycles. The standard InChI is InChI=1S/C13H18Cl2N2/c1-2-3-10-4-5-17(8-10)9-11-7-16-13(15)6-12(11)14/h6-7,10H,2-5,8-9H2,1H3. The molecule has 94 valence electrons. The number of nitrogens with zero attached hydrogens (tertiary/aromatic N) is 2. The third kappa shape index (κ3) is 3.57. The molecule has 4 heteroatoms. The lowest BCUT2D eigenvalue weighted by atomic mass is 10.0. The van der Waals surface area contributed by atoms with Gasteiger partial charge in [0, 0.05) is 29.9 Å². The summed E-state index contributed by atoms with van der Waals surface area (Å²) < 4.78 is 0. The molecule has 1 unspecified atom stereocenters. The van der Waals surface area contributed by atoms with Crippen LogP contribution in [0.4, 0.5) is 0 Å². The van der Waals surface area contributed by atoms with Crippen molar-refractivity contribution in [2.45, 2.75) is 32.7 Å². The molecule has 2 heterocycles. The van der Waals surface area contributed by atoms with E-state index in [1.54, 1.807) is 12.3 Å². The van der Waals surface area contributed by atoms with Gasteiger partial charge < -0.3 is 0 Å². The van der Waals surface area contributed by atoms with Crippen molar-refractivity contribution in [2.75, 3.05) is 13.1 Å². The zero-order chi connectivity index (χ0) is 12.3. The summed E-state index contributed by atoms with van der Waals surface area (Å²) in [6, 6.07) is 1.72. The minimum atomic E-state index is 0.462. The zero-order valence-corrected chi connectivity index (χ0v) is 11.6. The van der Waals surface area contributed by atoms with E-state index in [1.165, 1.54) is 32.4 Å². The van der Waals surface area contributed by atoms with Crippen LogP contribution in [0.1, 0.15) is 31.7 Å². The maximum atomic E-state index is 6.15. The lowest BCUT2D eigenvalue weighted by molar-refractivity contribution is 0.312. The topological polar surface area (TPSA) is 16.1 Å². The first-order valence-electron chi connectivity index (χ1n) is 6.21. The predicted octanol–water partition coefficient (Wildman–Crippen LogP) is 4.01. The van der Waals surface area contributed by atoms with Crippen LogP contribution in [0.25, 0.3) is 0 Å². The minimum absolute atomic E-state index is 0.462. The van der Waals surface area contributed by atoms with Gasteiger partial charge in [0.25, 0.3) is 0 Å². The van der Waals surface area contributed by atoms with E-state index < -0.39 is 0 Å². The van der Waals surface area contributed by atoms with Crippen LogP contribution in [-0.2, 0) is 6.54 Å². The van der Waals surface area contributed by atoms with Crippen LogP contribution in [0.5, 0.6) is 0 Å². The highest BCUT2D eigenvalue weighted by atomic mass is 35.5. The van der Waals surface area contributed by atoms with Crippen molar-refractivity contribution in [2.24, 2.45) is 5.92 Å². The Morgan fingerprint density at radius 2 is 2.29 bits per heavy atom. The molecule has 1 aliphatic heterocycles. The lowest BCUT2D eigenvalue weighted by Crippen LogP contribution is -2.20. The molecule has 0 spiro atoms. The molecular formula is C13H18Cl2N2. The Hall–Kier alpha value is -0.310. The highest BCUT2D eigenvalue weighted by Crippen LogP contribution is 2.25. The average Bonchev–Trinajstić information content (AvgIpc) is 2.71. The molecule has 0 amide bonds. The van der Waals surface area contributed by atoms with Crippen LogP contribution < -0.4 is 0 Å². The van der Waals surface area contributed by atoms with Crippen molar-refractivity contribution in [1.29, 1.82) is 0 Å². The molecule has 0 aliphatic carbocycles.